The number of carbonyl (C=O) groups is 2. The number of aliphatic carboxylic acids is 1. The maximum Gasteiger partial charge on any atom is 0.306 e. The van der Waals surface area contributed by atoms with Crippen LogP contribution in [-0.2, 0) is 24.2 Å². The molecule has 7 nitrogen and oxygen atoms in total. The topological polar surface area (TPSA) is 110 Å². The molecule has 0 saturated heterocycles. The number of sulfone groups is 1. The fourth-order valence-electron chi connectivity index (χ4n) is 0.986. The summed E-state index contributed by atoms with van der Waals surface area (Å²) in [5.74, 6) is -1.72. The van der Waals surface area contributed by atoms with Gasteiger partial charge >= 0.3 is 5.97 Å². The number of amides is 1. The third-order valence-corrected chi connectivity index (χ3v) is 3.75. The molecule has 0 aliphatic carbocycles. The molecule has 100 valence electrons. The summed E-state index contributed by atoms with van der Waals surface area (Å²) in [4.78, 5) is 21.8. The van der Waals surface area contributed by atoms with Gasteiger partial charge in [-0.3, -0.25) is 9.59 Å². The number of hydrogen-bond acceptors (Lipinski definition) is 5. The summed E-state index contributed by atoms with van der Waals surface area (Å²) in [7, 11) is -2.13. The van der Waals surface area contributed by atoms with E-state index in [1.165, 1.54) is 14.0 Å². The molecule has 0 radical (unpaired) electrons. The molecule has 0 fully saturated rings. The Morgan fingerprint density at radius 2 is 1.94 bits per heavy atom. The van der Waals surface area contributed by atoms with E-state index in [9.17, 15) is 18.0 Å². The summed E-state index contributed by atoms with van der Waals surface area (Å²) < 4.78 is 27.0. The zero-order valence-corrected chi connectivity index (χ0v) is 10.8. The van der Waals surface area contributed by atoms with Gasteiger partial charge in [-0.1, -0.05) is 0 Å². The molecule has 2 N–H and O–H groups in total. The Balaban J connectivity index is 4.27. The van der Waals surface area contributed by atoms with Crippen molar-refractivity contribution in [2.75, 3.05) is 19.9 Å². The van der Waals surface area contributed by atoms with E-state index in [-0.39, 0.29) is 13.0 Å². The first-order valence-electron chi connectivity index (χ1n) is 4.89. The van der Waals surface area contributed by atoms with Crippen LogP contribution in [0.1, 0.15) is 13.3 Å². The number of methoxy groups -OCH3 is 1. The number of hydrogen-bond donors (Lipinski definition) is 2. The molecule has 0 saturated carbocycles. The molecule has 2 unspecified atom stereocenters. The van der Waals surface area contributed by atoms with Crippen molar-refractivity contribution in [3.63, 3.8) is 0 Å². The number of nitrogens with one attached hydrogen (secondary N) is 1. The minimum atomic E-state index is -3.45. The Kier molecular flexibility index (Phi) is 6.11. The Morgan fingerprint density at radius 1 is 1.41 bits per heavy atom. The lowest BCUT2D eigenvalue weighted by molar-refractivity contribution is -0.140. The van der Waals surface area contributed by atoms with Crippen LogP contribution in [0.15, 0.2) is 0 Å². The van der Waals surface area contributed by atoms with Crippen molar-refractivity contribution in [1.82, 2.24) is 5.32 Å². The Bertz CT molecular complexity index is 377. The summed E-state index contributed by atoms with van der Waals surface area (Å²) in [5, 5.41) is 9.71. The van der Waals surface area contributed by atoms with Gasteiger partial charge in [0.1, 0.15) is 5.25 Å². The van der Waals surface area contributed by atoms with Crippen LogP contribution in [0.4, 0.5) is 0 Å². The highest BCUT2D eigenvalue weighted by Crippen LogP contribution is 1.99. The van der Waals surface area contributed by atoms with Crippen molar-refractivity contribution < 1.29 is 27.9 Å². The number of ether oxygens (including phenoxy) is 1. The lowest BCUT2D eigenvalue weighted by atomic mass is 10.2. The quantitative estimate of drug-likeness (QED) is 0.614. The second-order valence-electron chi connectivity index (χ2n) is 3.67. The van der Waals surface area contributed by atoms with Crippen LogP contribution in [0.3, 0.4) is 0 Å². The molecule has 0 aromatic rings. The van der Waals surface area contributed by atoms with Crippen molar-refractivity contribution in [2.24, 2.45) is 0 Å². The maximum atomic E-state index is 11.4. The second kappa shape index (κ2) is 6.55. The van der Waals surface area contributed by atoms with Crippen LogP contribution in [0.2, 0.25) is 0 Å². The fraction of sp³-hybridized carbons (Fsp3) is 0.778. The standard InChI is InChI=1S/C9H17NO6S/c1-6(17(3,14)15)9(13)10-5-7(16-2)4-8(11)12/h6-7H,4-5H2,1-3H3,(H,10,13)(H,11,12). The van der Waals surface area contributed by atoms with Gasteiger partial charge in [-0.05, 0) is 6.92 Å². The van der Waals surface area contributed by atoms with Crippen LogP contribution < -0.4 is 5.32 Å². The fourth-order valence-corrected chi connectivity index (χ4v) is 1.46. The lowest BCUT2D eigenvalue weighted by Gasteiger charge is -2.15. The van der Waals surface area contributed by atoms with E-state index in [1.54, 1.807) is 0 Å². The van der Waals surface area contributed by atoms with E-state index in [0.29, 0.717) is 0 Å². The molecule has 8 heteroatoms. The van der Waals surface area contributed by atoms with Crippen LogP contribution in [0.5, 0.6) is 0 Å². The number of carbonyl (C=O) groups excluding carboxylic acids is 1. The smallest absolute Gasteiger partial charge is 0.306 e. The second-order valence-corrected chi connectivity index (χ2v) is 6.04. The molecular formula is C9H17NO6S. The van der Waals surface area contributed by atoms with Crippen LogP contribution in [0.25, 0.3) is 0 Å². The summed E-state index contributed by atoms with van der Waals surface area (Å²) in [6.45, 7) is 1.23. The molecule has 2 atom stereocenters. The van der Waals surface area contributed by atoms with Gasteiger partial charge in [0.25, 0.3) is 0 Å². The van der Waals surface area contributed by atoms with Gasteiger partial charge in [-0.25, -0.2) is 8.42 Å². The van der Waals surface area contributed by atoms with E-state index in [4.69, 9.17) is 9.84 Å². The van der Waals surface area contributed by atoms with Gasteiger partial charge in [0.2, 0.25) is 5.91 Å². The molecule has 0 aliphatic rings. The molecule has 1 amide bonds. The zero-order valence-electron chi connectivity index (χ0n) is 9.97. The summed E-state index contributed by atoms with van der Waals surface area (Å²) >= 11 is 0. The molecule has 0 rings (SSSR count). The SMILES string of the molecule is COC(CNC(=O)C(C)S(C)(=O)=O)CC(=O)O. The van der Waals surface area contributed by atoms with E-state index < -0.39 is 33.1 Å². The average molecular weight is 267 g/mol. The van der Waals surface area contributed by atoms with E-state index in [2.05, 4.69) is 5.32 Å². The van der Waals surface area contributed by atoms with Gasteiger partial charge in [0.15, 0.2) is 9.84 Å². The van der Waals surface area contributed by atoms with Crippen molar-refractivity contribution >= 4 is 21.7 Å². The Morgan fingerprint density at radius 3 is 2.29 bits per heavy atom. The third kappa shape index (κ3) is 6.22. The molecular weight excluding hydrogens is 250 g/mol. The predicted molar refractivity (Wildman–Crippen MR) is 60.4 cm³/mol. The minimum absolute atomic E-state index is 0.0402. The molecule has 0 spiro atoms. The third-order valence-electron chi connectivity index (χ3n) is 2.25. The monoisotopic (exact) mass is 267 g/mol. The minimum Gasteiger partial charge on any atom is -0.481 e. The first kappa shape index (κ1) is 15.9. The van der Waals surface area contributed by atoms with Crippen molar-refractivity contribution in [2.45, 2.75) is 24.7 Å². The van der Waals surface area contributed by atoms with Crippen LogP contribution in [0, 0.1) is 0 Å². The largest absolute Gasteiger partial charge is 0.481 e. The van der Waals surface area contributed by atoms with Crippen molar-refractivity contribution in [3.8, 4) is 0 Å². The molecule has 0 aromatic carbocycles. The Hall–Kier alpha value is -1.15. The van der Waals surface area contributed by atoms with E-state index >= 15 is 0 Å². The van der Waals surface area contributed by atoms with Gasteiger partial charge in [0.05, 0.1) is 12.5 Å². The molecule has 0 bridgehead atoms. The first-order valence-corrected chi connectivity index (χ1v) is 6.85. The summed E-state index contributed by atoms with van der Waals surface area (Å²) in [5.41, 5.74) is 0. The molecule has 17 heavy (non-hydrogen) atoms. The highest BCUT2D eigenvalue weighted by Gasteiger charge is 2.24. The average Bonchev–Trinajstić information content (AvgIpc) is 2.20. The highest BCUT2D eigenvalue weighted by molar-refractivity contribution is 7.92. The normalized spacial score (nSPS) is 15.0. The molecule has 0 heterocycles. The number of carboxylic acid groups (broad SMARTS) is 1. The lowest BCUT2D eigenvalue weighted by Crippen LogP contribution is -2.41. The zero-order chi connectivity index (χ0) is 13.6. The summed E-state index contributed by atoms with van der Waals surface area (Å²) in [6.07, 6.45) is 0.0231. The van der Waals surface area contributed by atoms with Gasteiger partial charge in [0, 0.05) is 19.9 Å². The number of carboxylic acids is 1. The highest BCUT2D eigenvalue weighted by atomic mass is 32.2. The predicted octanol–water partition coefficient (Wildman–Crippen LogP) is -0.975. The van der Waals surface area contributed by atoms with Crippen LogP contribution >= 0.6 is 0 Å². The van der Waals surface area contributed by atoms with Crippen molar-refractivity contribution in [3.05, 3.63) is 0 Å². The first-order chi connectivity index (χ1) is 7.68. The molecule has 0 aromatic heterocycles. The van der Waals surface area contributed by atoms with Gasteiger partial charge in [-0.2, -0.15) is 0 Å². The van der Waals surface area contributed by atoms with Crippen LogP contribution in [-0.4, -0.2) is 56.7 Å². The maximum absolute atomic E-state index is 11.4. The summed E-state index contributed by atoms with van der Waals surface area (Å²) in [6, 6.07) is 0. The van der Waals surface area contributed by atoms with Gasteiger partial charge in [-0.15, -0.1) is 0 Å². The van der Waals surface area contributed by atoms with Gasteiger partial charge < -0.3 is 15.2 Å². The molecule has 0 aliphatic heterocycles. The van der Waals surface area contributed by atoms with Crippen molar-refractivity contribution in [1.29, 1.82) is 0 Å². The Labute approximate surface area is 100 Å². The van der Waals surface area contributed by atoms with E-state index in [1.807, 2.05) is 0 Å². The number of rotatable bonds is 7. The van der Waals surface area contributed by atoms with E-state index in [0.717, 1.165) is 6.26 Å².